The molecular weight excluding hydrogens is 413 g/mol. The van der Waals surface area contributed by atoms with Gasteiger partial charge in [-0.25, -0.2) is 12.8 Å². The Morgan fingerprint density at radius 1 is 0.966 bits per heavy atom. The fourth-order valence-corrected chi connectivity index (χ4v) is 4.77. The van der Waals surface area contributed by atoms with Gasteiger partial charge in [0.15, 0.2) is 0 Å². The smallest absolute Gasteiger partial charge is 0.214 e. The Labute approximate surface area is 172 Å². The van der Waals surface area contributed by atoms with E-state index in [0.717, 1.165) is 17.7 Å². The lowest BCUT2D eigenvalue weighted by Crippen LogP contribution is -2.26. The van der Waals surface area contributed by atoms with Gasteiger partial charge in [0, 0.05) is 22.5 Å². The quantitative estimate of drug-likeness (QED) is 0.412. The minimum absolute atomic E-state index is 0.126. The molecule has 0 bridgehead atoms. The number of aryl methyl sites for hydroxylation is 1. The minimum Gasteiger partial charge on any atom is -0.314 e. The lowest BCUT2D eigenvalue weighted by atomic mass is 10.1. The highest BCUT2D eigenvalue weighted by Crippen LogP contribution is 2.40. The van der Waals surface area contributed by atoms with Gasteiger partial charge in [-0.3, -0.25) is 4.79 Å². The van der Waals surface area contributed by atoms with E-state index in [2.05, 4.69) is 0 Å². The molecule has 146 valence electrons. The number of anilines is 2. The fourth-order valence-electron chi connectivity index (χ4n) is 3.12. The molecule has 0 aliphatic carbocycles. The van der Waals surface area contributed by atoms with Crippen molar-refractivity contribution in [3.05, 3.63) is 99.8 Å². The largest absolute Gasteiger partial charge is 0.314 e. The van der Waals surface area contributed by atoms with Crippen molar-refractivity contribution in [3.8, 4) is 0 Å². The maximum absolute atomic E-state index is 13.9. The molecule has 0 unspecified atom stereocenters. The number of nitrogens with zero attached hydrogens (tertiary/aromatic N) is 1. The molecule has 4 rings (SSSR count). The summed E-state index contributed by atoms with van der Waals surface area (Å²) in [6.45, 7) is 1.92. The molecule has 4 nitrogen and oxygen atoms in total. The lowest BCUT2D eigenvalue weighted by molar-refractivity contribution is 0.104. The maximum Gasteiger partial charge on any atom is 0.214 e. The van der Waals surface area contributed by atoms with Gasteiger partial charge in [-0.1, -0.05) is 29.3 Å². The van der Waals surface area contributed by atoms with Crippen molar-refractivity contribution in [1.82, 2.24) is 0 Å². The summed E-state index contributed by atoms with van der Waals surface area (Å²) in [7, 11) is -4.14. The standard InChI is InChI=1S/C22H15ClFNO3S/c1-14-2-9-18(10-3-14)25-13-21(22(26)15-4-6-16(23)7-5-15)29(27,28)20-11-8-17(24)12-19(20)25/h2-13H,1H3. The predicted molar refractivity (Wildman–Crippen MR) is 111 cm³/mol. The second-order valence-corrected chi connectivity index (χ2v) is 8.97. The van der Waals surface area contributed by atoms with E-state index in [-0.39, 0.29) is 21.1 Å². The zero-order valence-corrected chi connectivity index (χ0v) is 16.8. The monoisotopic (exact) mass is 427 g/mol. The van der Waals surface area contributed by atoms with Gasteiger partial charge >= 0.3 is 0 Å². The number of sulfone groups is 1. The van der Waals surface area contributed by atoms with Crippen LogP contribution in [0.15, 0.2) is 82.7 Å². The highest BCUT2D eigenvalue weighted by Gasteiger charge is 2.36. The van der Waals surface area contributed by atoms with Crippen molar-refractivity contribution in [1.29, 1.82) is 0 Å². The Hall–Kier alpha value is -2.96. The van der Waals surface area contributed by atoms with Crippen molar-refractivity contribution < 1.29 is 17.6 Å². The van der Waals surface area contributed by atoms with E-state index in [1.807, 2.05) is 19.1 Å². The zero-order valence-electron chi connectivity index (χ0n) is 15.3. The van der Waals surface area contributed by atoms with Crippen LogP contribution in [0.4, 0.5) is 15.8 Å². The summed E-state index contributed by atoms with van der Waals surface area (Å²) in [4.78, 5) is 14.0. The molecule has 7 heteroatoms. The molecule has 0 saturated heterocycles. The molecule has 1 heterocycles. The Morgan fingerprint density at radius 2 is 1.62 bits per heavy atom. The first kappa shape index (κ1) is 19.4. The van der Waals surface area contributed by atoms with E-state index >= 15 is 0 Å². The molecule has 0 atom stereocenters. The van der Waals surface area contributed by atoms with Gasteiger partial charge in [0.2, 0.25) is 15.6 Å². The van der Waals surface area contributed by atoms with Crippen LogP contribution in [-0.4, -0.2) is 14.2 Å². The molecule has 1 aliphatic heterocycles. The Morgan fingerprint density at radius 3 is 2.28 bits per heavy atom. The molecule has 0 N–H and O–H groups in total. The topological polar surface area (TPSA) is 54.5 Å². The number of carbonyl (C=O) groups is 1. The molecule has 3 aromatic carbocycles. The summed E-state index contributed by atoms with van der Waals surface area (Å²) in [6, 6.07) is 16.6. The predicted octanol–water partition coefficient (Wildman–Crippen LogP) is 5.44. The van der Waals surface area contributed by atoms with Crippen molar-refractivity contribution in [2.45, 2.75) is 11.8 Å². The number of benzene rings is 3. The third-order valence-corrected chi connectivity index (χ3v) is 6.69. The summed E-state index contributed by atoms with van der Waals surface area (Å²) in [5.41, 5.74) is 1.97. The average molecular weight is 428 g/mol. The van der Waals surface area contributed by atoms with Crippen molar-refractivity contribution in [3.63, 3.8) is 0 Å². The maximum atomic E-state index is 13.9. The van der Waals surface area contributed by atoms with Gasteiger partial charge in [0.25, 0.3) is 0 Å². The van der Waals surface area contributed by atoms with E-state index in [4.69, 9.17) is 11.6 Å². The van der Waals surface area contributed by atoms with Crippen LogP contribution in [0.3, 0.4) is 0 Å². The first-order valence-corrected chi connectivity index (χ1v) is 10.6. The van der Waals surface area contributed by atoms with Gasteiger partial charge in [0.1, 0.15) is 10.7 Å². The minimum atomic E-state index is -4.14. The zero-order chi connectivity index (χ0) is 20.8. The molecule has 0 spiro atoms. The number of fused-ring (bicyclic) bond motifs is 1. The molecule has 0 saturated carbocycles. The van der Waals surface area contributed by atoms with Crippen LogP contribution >= 0.6 is 11.6 Å². The van der Waals surface area contributed by atoms with Crippen LogP contribution < -0.4 is 4.90 Å². The van der Waals surface area contributed by atoms with Gasteiger partial charge in [-0.15, -0.1) is 0 Å². The fraction of sp³-hybridized carbons (Fsp3) is 0.0455. The first-order valence-electron chi connectivity index (χ1n) is 8.70. The van der Waals surface area contributed by atoms with E-state index in [0.29, 0.717) is 10.7 Å². The van der Waals surface area contributed by atoms with Crippen LogP contribution in [0.5, 0.6) is 0 Å². The molecule has 3 aromatic rings. The third kappa shape index (κ3) is 3.45. The summed E-state index contributed by atoms with van der Waals surface area (Å²) >= 11 is 5.87. The van der Waals surface area contributed by atoms with Crippen molar-refractivity contribution in [2.75, 3.05) is 4.90 Å². The summed E-state index contributed by atoms with van der Waals surface area (Å²) < 4.78 is 40.3. The van der Waals surface area contributed by atoms with E-state index in [1.165, 1.54) is 41.4 Å². The first-order chi connectivity index (χ1) is 13.8. The normalized spacial score (nSPS) is 14.9. The second-order valence-electron chi connectivity index (χ2n) is 6.65. The van der Waals surface area contributed by atoms with Crippen LogP contribution in [0.25, 0.3) is 0 Å². The van der Waals surface area contributed by atoms with E-state index in [9.17, 15) is 17.6 Å². The van der Waals surface area contributed by atoms with Gasteiger partial charge < -0.3 is 4.90 Å². The Kier molecular flexibility index (Phi) is 4.76. The molecule has 0 radical (unpaired) electrons. The summed E-state index contributed by atoms with van der Waals surface area (Å²) in [6.07, 6.45) is 1.25. The molecule has 0 fully saturated rings. The Bertz CT molecular complexity index is 1250. The van der Waals surface area contributed by atoms with Gasteiger partial charge in [-0.05, 0) is 61.5 Å². The number of carbonyl (C=O) groups excluding carboxylic acids is 1. The number of hydrogen-bond donors (Lipinski definition) is 0. The third-order valence-electron chi connectivity index (χ3n) is 4.65. The SMILES string of the molecule is Cc1ccc(N2C=C(C(=O)c3ccc(Cl)cc3)S(=O)(=O)c3ccc(F)cc32)cc1. The average Bonchev–Trinajstić information content (AvgIpc) is 2.69. The molecule has 0 aromatic heterocycles. The number of rotatable bonds is 3. The van der Waals surface area contributed by atoms with E-state index < -0.39 is 21.4 Å². The van der Waals surface area contributed by atoms with E-state index in [1.54, 1.807) is 12.1 Å². The van der Waals surface area contributed by atoms with Crippen molar-refractivity contribution in [2.24, 2.45) is 0 Å². The molecular formula is C22H15ClFNO3S. The summed E-state index contributed by atoms with van der Waals surface area (Å²) in [5, 5.41) is 0.434. The molecule has 1 aliphatic rings. The van der Waals surface area contributed by atoms with Crippen LogP contribution in [0.1, 0.15) is 15.9 Å². The van der Waals surface area contributed by atoms with Crippen molar-refractivity contribution >= 4 is 38.6 Å². The van der Waals surface area contributed by atoms with Gasteiger partial charge in [-0.2, -0.15) is 0 Å². The molecule has 0 amide bonds. The van der Waals surface area contributed by atoms with Crippen LogP contribution in [-0.2, 0) is 9.84 Å². The highest BCUT2D eigenvalue weighted by molar-refractivity contribution is 7.96. The number of ketones is 1. The lowest BCUT2D eigenvalue weighted by Gasteiger charge is -2.29. The highest BCUT2D eigenvalue weighted by atomic mass is 35.5. The second kappa shape index (κ2) is 7.13. The Balaban J connectivity index is 1.93. The number of allylic oxidation sites excluding steroid dienone is 1. The summed E-state index contributed by atoms with van der Waals surface area (Å²) in [5.74, 6) is -1.23. The molecule has 29 heavy (non-hydrogen) atoms. The number of Topliss-reactive ketones (excluding diaryl/α,β-unsaturated/α-hetero) is 1. The number of halogens is 2. The number of hydrogen-bond acceptors (Lipinski definition) is 4. The van der Waals surface area contributed by atoms with Crippen LogP contribution in [0.2, 0.25) is 5.02 Å². The van der Waals surface area contributed by atoms with Crippen LogP contribution in [0, 0.1) is 12.7 Å². The van der Waals surface area contributed by atoms with Gasteiger partial charge in [0.05, 0.1) is 10.6 Å².